The van der Waals surface area contributed by atoms with Crippen molar-refractivity contribution in [3.05, 3.63) is 29.8 Å². The third-order valence-corrected chi connectivity index (χ3v) is 4.16. The standard InChI is InChI=1S/C11H17O4P/c1-3-14-16(13,15-4-2)11-7-5-10(9-12)6-8-11/h5-8,12H,3-4,9H2,1-2H3. The first-order valence-corrected chi connectivity index (χ1v) is 6.80. The first kappa shape index (κ1) is 13.4. The fourth-order valence-corrected chi connectivity index (χ4v) is 2.88. The van der Waals surface area contributed by atoms with E-state index in [-0.39, 0.29) is 6.61 Å². The van der Waals surface area contributed by atoms with Crippen molar-refractivity contribution in [2.24, 2.45) is 0 Å². The third-order valence-electron chi connectivity index (χ3n) is 2.03. The van der Waals surface area contributed by atoms with Crippen LogP contribution in [0.2, 0.25) is 0 Å². The van der Waals surface area contributed by atoms with Crippen LogP contribution in [0, 0.1) is 0 Å². The summed E-state index contributed by atoms with van der Waals surface area (Å²) in [5, 5.41) is 9.43. The summed E-state index contributed by atoms with van der Waals surface area (Å²) in [5.74, 6) is 0. The van der Waals surface area contributed by atoms with Crippen LogP contribution in [0.3, 0.4) is 0 Å². The molecule has 0 aliphatic carbocycles. The Kier molecular flexibility index (Phi) is 5.16. The van der Waals surface area contributed by atoms with Gasteiger partial charge in [0, 0.05) is 0 Å². The lowest BCUT2D eigenvalue weighted by atomic mass is 10.2. The molecule has 0 aliphatic rings. The molecule has 0 unspecified atom stereocenters. The molecule has 1 aromatic carbocycles. The molecule has 16 heavy (non-hydrogen) atoms. The zero-order chi connectivity index (χ0) is 12.0. The molecule has 0 fully saturated rings. The quantitative estimate of drug-likeness (QED) is 0.778. The van der Waals surface area contributed by atoms with Crippen LogP contribution in [-0.2, 0) is 20.2 Å². The molecule has 1 N–H and O–H groups in total. The summed E-state index contributed by atoms with van der Waals surface area (Å²) in [6.45, 7) is 4.17. The van der Waals surface area contributed by atoms with Crippen molar-refractivity contribution in [3.63, 3.8) is 0 Å². The second kappa shape index (κ2) is 6.16. The number of aliphatic hydroxyl groups excluding tert-OH is 1. The molecule has 90 valence electrons. The summed E-state index contributed by atoms with van der Waals surface area (Å²) in [4.78, 5) is 0. The molecule has 0 saturated carbocycles. The van der Waals surface area contributed by atoms with E-state index in [4.69, 9.17) is 14.2 Å². The smallest absolute Gasteiger partial charge is 0.361 e. The summed E-state index contributed by atoms with van der Waals surface area (Å²) < 4.78 is 22.7. The van der Waals surface area contributed by atoms with Crippen molar-refractivity contribution >= 4 is 12.9 Å². The van der Waals surface area contributed by atoms with Crippen LogP contribution in [0.25, 0.3) is 0 Å². The molecule has 1 rings (SSSR count). The molecule has 1 aromatic rings. The highest BCUT2D eigenvalue weighted by Crippen LogP contribution is 2.46. The highest BCUT2D eigenvalue weighted by Gasteiger charge is 2.26. The Balaban J connectivity index is 2.96. The van der Waals surface area contributed by atoms with Gasteiger partial charge in [0.05, 0.1) is 25.1 Å². The number of aliphatic hydroxyl groups is 1. The summed E-state index contributed by atoms with van der Waals surface area (Å²) in [5.41, 5.74) is 0.767. The average Bonchev–Trinajstić information content (AvgIpc) is 2.30. The first-order chi connectivity index (χ1) is 7.66. The molecule has 0 atom stereocenters. The van der Waals surface area contributed by atoms with Crippen molar-refractivity contribution < 1.29 is 18.7 Å². The monoisotopic (exact) mass is 244 g/mol. The van der Waals surface area contributed by atoms with Crippen LogP contribution < -0.4 is 5.30 Å². The molecule has 0 aliphatic heterocycles. The molecule has 4 nitrogen and oxygen atoms in total. The van der Waals surface area contributed by atoms with Crippen LogP contribution in [-0.4, -0.2) is 18.3 Å². The van der Waals surface area contributed by atoms with Crippen LogP contribution >= 0.6 is 7.60 Å². The predicted molar refractivity (Wildman–Crippen MR) is 62.9 cm³/mol. The van der Waals surface area contributed by atoms with E-state index < -0.39 is 7.60 Å². The summed E-state index contributed by atoms with van der Waals surface area (Å²) >= 11 is 0. The van der Waals surface area contributed by atoms with E-state index in [2.05, 4.69) is 0 Å². The maximum absolute atomic E-state index is 12.3. The van der Waals surface area contributed by atoms with E-state index >= 15 is 0 Å². The van der Waals surface area contributed by atoms with E-state index in [1.807, 2.05) is 0 Å². The first-order valence-electron chi connectivity index (χ1n) is 5.25. The van der Waals surface area contributed by atoms with Gasteiger partial charge >= 0.3 is 7.60 Å². The third kappa shape index (κ3) is 3.16. The number of benzene rings is 1. The largest absolute Gasteiger partial charge is 0.392 e. The van der Waals surface area contributed by atoms with Gasteiger partial charge in [0.2, 0.25) is 0 Å². The van der Waals surface area contributed by atoms with Crippen LogP contribution in [0.1, 0.15) is 19.4 Å². The predicted octanol–water partition coefficient (Wildman–Crippen LogP) is 2.07. The number of rotatable bonds is 6. The molecule has 0 bridgehead atoms. The van der Waals surface area contributed by atoms with E-state index in [1.165, 1.54) is 0 Å². The van der Waals surface area contributed by atoms with Crippen molar-refractivity contribution in [1.29, 1.82) is 0 Å². The lowest BCUT2D eigenvalue weighted by molar-refractivity contribution is 0.230. The highest BCUT2D eigenvalue weighted by molar-refractivity contribution is 7.62. The van der Waals surface area contributed by atoms with Crippen LogP contribution in [0.15, 0.2) is 24.3 Å². The topological polar surface area (TPSA) is 55.8 Å². The Labute approximate surface area is 95.7 Å². The van der Waals surface area contributed by atoms with E-state index in [9.17, 15) is 4.57 Å². The van der Waals surface area contributed by atoms with E-state index in [0.717, 1.165) is 5.56 Å². The second-order valence-electron chi connectivity index (χ2n) is 3.16. The van der Waals surface area contributed by atoms with Gasteiger partial charge in [0.15, 0.2) is 0 Å². The zero-order valence-corrected chi connectivity index (χ0v) is 10.4. The molecule has 0 radical (unpaired) electrons. The highest BCUT2D eigenvalue weighted by atomic mass is 31.2. The van der Waals surface area contributed by atoms with Crippen molar-refractivity contribution in [2.45, 2.75) is 20.5 Å². The Hall–Kier alpha value is -0.670. The fraction of sp³-hybridized carbons (Fsp3) is 0.455. The fourth-order valence-electron chi connectivity index (χ4n) is 1.31. The molecule has 0 heterocycles. The molecule has 0 spiro atoms. The van der Waals surface area contributed by atoms with Gasteiger partial charge in [-0.05, 0) is 31.5 Å². The van der Waals surface area contributed by atoms with Gasteiger partial charge in [0.1, 0.15) is 0 Å². The summed E-state index contributed by atoms with van der Waals surface area (Å²) in [6, 6.07) is 6.75. The summed E-state index contributed by atoms with van der Waals surface area (Å²) in [6.07, 6.45) is 0. The van der Waals surface area contributed by atoms with Crippen molar-refractivity contribution in [2.75, 3.05) is 13.2 Å². The number of hydrogen-bond acceptors (Lipinski definition) is 4. The van der Waals surface area contributed by atoms with Gasteiger partial charge in [-0.25, -0.2) is 0 Å². The minimum absolute atomic E-state index is 0.0339. The van der Waals surface area contributed by atoms with Gasteiger partial charge < -0.3 is 14.2 Å². The molecular formula is C11H17O4P. The zero-order valence-electron chi connectivity index (χ0n) is 9.55. The second-order valence-corrected chi connectivity index (χ2v) is 5.19. The lowest BCUT2D eigenvalue weighted by Crippen LogP contribution is -2.10. The van der Waals surface area contributed by atoms with E-state index in [1.54, 1.807) is 38.1 Å². The van der Waals surface area contributed by atoms with Gasteiger partial charge in [-0.15, -0.1) is 0 Å². The van der Waals surface area contributed by atoms with Crippen LogP contribution in [0.5, 0.6) is 0 Å². The number of hydrogen-bond donors (Lipinski definition) is 1. The Morgan fingerprint density at radius 2 is 1.62 bits per heavy atom. The van der Waals surface area contributed by atoms with E-state index in [0.29, 0.717) is 18.5 Å². The SMILES string of the molecule is CCOP(=O)(OCC)c1ccc(CO)cc1. The molecular weight excluding hydrogens is 227 g/mol. The Morgan fingerprint density at radius 3 is 2.00 bits per heavy atom. The van der Waals surface area contributed by atoms with Gasteiger partial charge in [0.25, 0.3) is 0 Å². The van der Waals surface area contributed by atoms with Gasteiger partial charge in [-0.3, -0.25) is 4.57 Å². The maximum Gasteiger partial charge on any atom is 0.361 e. The van der Waals surface area contributed by atoms with Gasteiger partial charge in [-0.1, -0.05) is 12.1 Å². The van der Waals surface area contributed by atoms with Crippen LogP contribution in [0.4, 0.5) is 0 Å². The molecule has 0 aromatic heterocycles. The molecule has 0 saturated heterocycles. The molecule has 5 heteroatoms. The minimum Gasteiger partial charge on any atom is -0.392 e. The average molecular weight is 244 g/mol. The maximum atomic E-state index is 12.3. The minimum atomic E-state index is -3.18. The lowest BCUT2D eigenvalue weighted by Gasteiger charge is -2.17. The molecule has 0 amide bonds. The Morgan fingerprint density at radius 1 is 1.12 bits per heavy atom. The van der Waals surface area contributed by atoms with Crippen molar-refractivity contribution in [3.8, 4) is 0 Å². The van der Waals surface area contributed by atoms with Gasteiger partial charge in [-0.2, -0.15) is 0 Å². The summed E-state index contributed by atoms with van der Waals surface area (Å²) in [7, 11) is -3.18. The van der Waals surface area contributed by atoms with Crippen molar-refractivity contribution in [1.82, 2.24) is 0 Å². The Bertz CT molecular complexity index is 351. The normalized spacial score (nSPS) is 11.7.